The molecule has 0 spiro atoms. The molecule has 2 amide bonds. The van der Waals surface area contributed by atoms with Gasteiger partial charge in [0.05, 0.1) is 11.9 Å². The average molecular weight is 512 g/mol. The highest BCUT2D eigenvalue weighted by Crippen LogP contribution is 2.21. The van der Waals surface area contributed by atoms with Crippen molar-refractivity contribution in [1.29, 1.82) is 0 Å². The third kappa shape index (κ3) is 7.14. The van der Waals surface area contributed by atoms with E-state index in [-0.39, 0.29) is 24.6 Å². The maximum Gasteiger partial charge on any atom is 0.244 e. The smallest absolute Gasteiger partial charge is 0.244 e. The molecule has 190 valence electrons. The number of hydrogen-bond donors (Lipinski definition) is 1. The number of nitrogens with one attached hydrogen (secondary N) is 1. The summed E-state index contributed by atoms with van der Waals surface area (Å²) >= 11 is 0. The molecule has 0 aliphatic heterocycles. The van der Waals surface area contributed by atoms with E-state index in [4.69, 9.17) is 0 Å². The quantitative estimate of drug-likeness (QED) is 0.453. The second-order valence-corrected chi connectivity index (χ2v) is 10.5. The second-order valence-electron chi connectivity index (χ2n) is 8.58. The minimum Gasteiger partial charge on any atom is -0.357 e. The molecule has 0 radical (unpaired) electrons. The molecule has 7 nitrogen and oxygen atoms in total. The fraction of sp³-hybridized carbons (Fsp3) is 0.259. The number of rotatable bonds is 10. The molecule has 0 aliphatic carbocycles. The highest BCUT2D eigenvalue weighted by Gasteiger charge is 2.32. The van der Waals surface area contributed by atoms with Crippen LogP contribution in [0.15, 0.2) is 78.9 Å². The summed E-state index contributed by atoms with van der Waals surface area (Å²) in [6.07, 6.45) is 1.19. The van der Waals surface area contributed by atoms with Gasteiger partial charge in [0, 0.05) is 20.0 Å². The van der Waals surface area contributed by atoms with Gasteiger partial charge in [-0.25, -0.2) is 12.8 Å². The van der Waals surface area contributed by atoms with Gasteiger partial charge in [0.2, 0.25) is 21.8 Å². The molecular formula is C27H30FN3O4S. The molecular weight excluding hydrogens is 481 g/mol. The van der Waals surface area contributed by atoms with Gasteiger partial charge in [-0.1, -0.05) is 66.2 Å². The predicted octanol–water partition coefficient (Wildman–Crippen LogP) is 3.29. The van der Waals surface area contributed by atoms with Gasteiger partial charge in [-0.05, 0) is 36.2 Å². The van der Waals surface area contributed by atoms with E-state index < -0.39 is 34.3 Å². The van der Waals surface area contributed by atoms with Gasteiger partial charge in [0.1, 0.15) is 18.4 Å². The number of anilines is 1. The molecule has 3 rings (SSSR count). The molecule has 9 heteroatoms. The molecule has 0 fully saturated rings. The number of carbonyl (C=O) groups excluding carboxylic acids is 2. The van der Waals surface area contributed by atoms with Gasteiger partial charge < -0.3 is 10.2 Å². The Labute approximate surface area is 211 Å². The topological polar surface area (TPSA) is 86.8 Å². The maximum absolute atomic E-state index is 13.9. The summed E-state index contributed by atoms with van der Waals surface area (Å²) in [5.74, 6) is -1.59. The van der Waals surface area contributed by atoms with Crippen LogP contribution in [0.1, 0.15) is 16.7 Å². The van der Waals surface area contributed by atoms with Crippen LogP contribution in [0.2, 0.25) is 0 Å². The van der Waals surface area contributed by atoms with Crippen LogP contribution in [0.4, 0.5) is 10.1 Å². The van der Waals surface area contributed by atoms with E-state index in [9.17, 15) is 22.4 Å². The zero-order chi connectivity index (χ0) is 26.3. The molecule has 0 unspecified atom stereocenters. The van der Waals surface area contributed by atoms with Crippen LogP contribution >= 0.6 is 0 Å². The summed E-state index contributed by atoms with van der Waals surface area (Å²) in [6, 6.07) is 20.9. The zero-order valence-electron chi connectivity index (χ0n) is 20.5. The van der Waals surface area contributed by atoms with Gasteiger partial charge in [-0.3, -0.25) is 13.9 Å². The molecule has 0 aromatic heterocycles. The van der Waals surface area contributed by atoms with Crippen molar-refractivity contribution >= 4 is 27.5 Å². The van der Waals surface area contributed by atoms with Crippen molar-refractivity contribution < 1.29 is 22.4 Å². The third-order valence-corrected chi connectivity index (χ3v) is 6.87. The third-order valence-electron chi connectivity index (χ3n) is 5.73. The largest absolute Gasteiger partial charge is 0.357 e. The number of benzene rings is 3. The lowest BCUT2D eigenvalue weighted by molar-refractivity contribution is -0.139. The lowest BCUT2D eigenvalue weighted by Gasteiger charge is -2.33. The van der Waals surface area contributed by atoms with Gasteiger partial charge in [0.15, 0.2) is 0 Å². The Morgan fingerprint density at radius 1 is 0.944 bits per heavy atom. The number of sulfonamides is 1. The molecule has 0 bridgehead atoms. The van der Waals surface area contributed by atoms with E-state index in [0.29, 0.717) is 0 Å². The van der Waals surface area contributed by atoms with Gasteiger partial charge in [0.25, 0.3) is 0 Å². The van der Waals surface area contributed by atoms with E-state index in [1.54, 1.807) is 0 Å². The number of halogens is 1. The Balaban J connectivity index is 2.03. The van der Waals surface area contributed by atoms with Crippen molar-refractivity contribution in [2.45, 2.75) is 25.9 Å². The number of nitrogens with zero attached hydrogens (tertiary/aromatic N) is 2. The molecule has 0 saturated heterocycles. The van der Waals surface area contributed by atoms with Crippen molar-refractivity contribution in [3.05, 3.63) is 101 Å². The monoisotopic (exact) mass is 511 g/mol. The van der Waals surface area contributed by atoms with Crippen LogP contribution in [-0.4, -0.2) is 51.0 Å². The standard InChI is InChI=1S/C27H30FN3O4S/c1-20-9-7-12-22(15-20)18-30(25(27(33)29-2)16-21-10-5-4-6-11-21)26(32)19-31(36(3,34)35)24-14-8-13-23(28)17-24/h4-15,17,25H,16,18-19H2,1-3H3,(H,29,33)/t25-/m0/s1. The van der Waals surface area contributed by atoms with Crippen molar-refractivity contribution in [2.75, 3.05) is 24.2 Å². The van der Waals surface area contributed by atoms with Crippen LogP contribution < -0.4 is 9.62 Å². The number of likely N-dealkylation sites (N-methyl/N-ethyl adjacent to an activating group) is 1. The minimum atomic E-state index is -3.93. The van der Waals surface area contributed by atoms with Crippen molar-refractivity contribution in [2.24, 2.45) is 0 Å². The SMILES string of the molecule is CNC(=O)[C@H](Cc1ccccc1)N(Cc1cccc(C)c1)C(=O)CN(c1cccc(F)c1)S(C)(=O)=O. The normalized spacial score (nSPS) is 12.0. The number of amides is 2. The number of carbonyl (C=O) groups is 2. The van der Waals surface area contributed by atoms with Crippen LogP contribution in [0.25, 0.3) is 0 Å². The zero-order valence-corrected chi connectivity index (χ0v) is 21.3. The van der Waals surface area contributed by atoms with Crippen molar-refractivity contribution in [3.8, 4) is 0 Å². The van der Waals surface area contributed by atoms with E-state index in [2.05, 4.69) is 5.32 Å². The molecule has 36 heavy (non-hydrogen) atoms. The highest BCUT2D eigenvalue weighted by molar-refractivity contribution is 7.92. The van der Waals surface area contributed by atoms with Gasteiger partial charge in [-0.15, -0.1) is 0 Å². The molecule has 1 atom stereocenters. The van der Waals surface area contributed by atoms with Crippen LogP contribution in [-0.2, 0) is 32.6 Å². The molecule has 3 aromatic carbocycles. The second kappa shape index (κ2) is 11.8. The summed E-state index contributed by atoms with van der Waals surface area (Å²) in [6.45, 7) is 1.42. The Morgan fingerprint density at radius 2 is 1.61 bits per heavy atom. The minimum absolute atomic E-state index is 0.0286. The fourth-order valence-corrected chi connectivity index (χ4v) is 4.81. The lowest BCUT2D eigenvalue weighted by Crippen LogP contribution is -2.52. The Kier molecular flexibility index (Phi) is 8.82. The van der Waals surface area contributed by atoms with E-state index in [1.807, 2.05) is 61.5 Å². The van der Waals surface area contributed by atoms with Gasteiger partial charge >= 0.3 is 0 Å². The predicted molar refractivity (Wildman–Crippen MR) is 138 cm³/mol. The summed E-state index contributed by atoms with van der Waals surface area (Å²) < 4.78 is 40.0. The lowest BCUT2D eigenvalue weighted by atomic mass is 10.0. The molecule has 0 saturated carbocycles. The summed E-state index contributed by atoms with van der Waals surface area (Å²) in [5.41, 5.74) is 2.65. The average Bonchev–Trinajstić information content (AvgIpc) is 2.84. The van der Waals surface area contributed by atoms with E-state index in [0.717, 1.165) is 33.3 Å². The summed E-state index contributed by atoms with van der Waals surface area (Å²) in [7, 11) is -2.44. The molecule has 3 aromatic rings. The first-order valence-corrected chi connectivity index (χ1v) is 13.3. The first kappa shape index (κ1) is 26.9. The van der Waals surface area contributed by atoms with E-state index in [1.165, 1.54) is 30.1 Å². The number of aryl methyl sites for hydroxylation is 1. The molecule has 0 heterocycles. The van der Waals surface area contributed by atoms with Crippen LogP contribution in [0, 0.1) is 12.7 Å². The van der Waals surface area contributed by atoms with Gasteiger partial charge in [-0.2, -0.15) is 0 Å². The van der Waals surface area contributed by atoms with Crippen molar-refractivity contribution in [3.63, 3.8) is 0 Å². The van der Waals surface area contributed by atoms with Crippen LogP contribution in [0.5, 0.6) is 0 Å². The van der Waals surface area contributed by atoms with E-state index >= 15 is 0 Å². The molecule has 1 N–H and O–H groups in total. The summed E-state index contributed by atoms with van der Waals surface area (Å²) in [5, 5.41) is 2.63. The number of hydrogen-bond acceptors (Lipinski definition) is 4. The summed E-state index contributed by atoms with van der Waals surface area (Å²) in [4.78, 5) is 28.2. The van der Waals surface area contributed by atoms with Crippen LogP contribution in [0.3, 0.4) is 0 Å². The Bertz CT molecular complexity index is 1320. The molecule has 0 aliphatic rings. The Morgan fingerprint density at radius 3 is 2.22 bits per heavy atom. The fourth-order valence-electron chi connectivity index (χ4n) is 3.97. The first-order valence-electron chi connectivity index (χ1n) is 11.4. The maximum atomic E-state index is 13.9. The first-order chi connectivity index (χ1) is 17.1. The Hall–Kier alpha value is -3.72. The van der Waals surface area contributed by atoms with Crippen molar-refractivity contribution in [1.82, 2.24) is 10.2 Å². The highest BCUT2D eigenvalue weighted by atomic mass is 32.2.